The second-order valence-electron chi connectivity index (χ2n) is 4.98. The molecule has 2 aliphatic rings. The standard InChI is InChI=1S/C14H14ClN3O4/c1-2-22-6-5-18-12(20)14(17-13(18)21)9-7-8(15)3-4-10(9)16-11(14)19/h3-4,7H,2,5-6H2,1H3,(H,16,19)(H,17,21). The number of ether oxygens (including phenoxy) is 1. The first-order chi connectivity index (χ1) is 10.5. The number of halogens is 1. The molecule has 0 radical (unpaired) electrons. The quantitative estimate of drug-likeness (QED) is 0.493. The molecule has 1 aromatic carbocycles. The van der Waals surface area contributed by atoms with E-state index in [2.05, 4.69) is 10.6 Å². The van der Waals surface area contributed by atoms with Gasteiger partial charge in [-0.05, 0) is 25.1 Å². The molecule has 2 heterocycles. The van der Waals surface area contributed by atoms with E-state index in [0.717, 1.165) is 4.90 Å². The van der Waals surface area contributed by atoms with Crippen LogP contribution in [-0.2, 0) is 19.9 Å². The van der Waals surface area contributed by atoms with Crippen molar-refractivity contribution in [3.05, 3.63) is 28.8 Å². The number of carbonyl (C=O) groups is 3. The molecule has 0 aromatic heterocycles. The van der Waals surface area contributed by atoms with Crippen molar-refractivity contribution in [2.75, 3.05) is 25.1 Å². The lowest BCUT2D eigenvalue weighted by atomic mass is 9.91. The van der Waals surface area contributed by atoms with Crippen LogP contribution >= 0.6 is 11.6 Å². The van der Waals surface area contributed by atoms with Crippen LogP contribution in [0.3, 0.4) is 0 Å². The van der Waals surface area contributed by atoms with Gasteiger partial charge >= 0.3 is 6.03 Å². The number of imide groups is 1. The third-order valence-electron chi connectivity index (χ3n) is 3.74. The Morgan fingerprint density at radius 2 is 2.09 bits per heavy atom. The Morgan fingerprint density at radius 3 is 2.82 bits per heavy atom. The highest BCUT2D eigenvalue weighted by molar-refractivity contribution is 6.32. The zero-order valence-electron chi connectivity index (χ0n) is 11.8. The van der Waals surface area contributed by atoms with Crippen molar-refractivity contribution in [3.63, 3.8) is 0 Å². The monoisotopic (exact) mass is 323 g/mol. The predicted molar refractivity (Wildman–Crippen MR) is 78.5 cm³/mol. The zero-order valence-corrected chi connectivity index (χ0v) is 12.6. The van der Waals surface area contributed by atoms with Crippen LogP contribution in [0.2, 0.25) is 5.02 Å². The first-order valence-electron chi connectivity index (χ1n) is 6.84. The van der Waals surface area contributed by atoms with Crippen LogP contribution in [0.4, 0.5) is 10.5 Å². The van der Waals surface area contributed by atoms with Crippen molar-refractivity contribution in [2.45, 2.75) is 12.5 Å². The number of nitrogens with zero attached hydrogens (tertiary/aromatic N) is 1. The molecule has 2 N–H and O–H groups in total. The lowest BCUT2D eigenvalue weighted by molar-refractivity contribution is -0.137. The second kappa shape index (κ2) is 5.26. The molecule has 0 saturated carbocycles. The summed E-state index contributed by atoms with van der Waals surface area (Å²) in [7, 11) is 0. The van der Waals surface area contributed by atoms with Gasteiger partial charge in [-0.1, -0.05) is 11.6 Å². The van der Waals surface area contributed by atoms with E-state index in [9.17, 15) is 14.4 Å². The molecule has 1 spiro atoms. The number of carbonyl (C=O) groups excluding carboxylic acids is 3. The molecule has 1 aromatic rings. The molecule has 22 heavy (non-hydrogen) atoms. The molecule has 1 fully saturated rings. The number of hydrogen-bond acceptors (Lipinski definition) is 4. The van der Waals surface area contributed by atoms with Crippen molar-refractivity contribution < 1.29 is 19.1 Å². The van der Waals surface area contributed by atoms with E-state index >= 15 is 0 Å². The van der Waals surface area contributed by atoms with Crippen molar-refractivity contribution in [2.24, 2.45) is 0 Å². The van der Waals surface area contributed by atoms with E-state index in [-0.39, 0.29) is 13.2 Å². The molecule has 1 atom stereocenters. The predicted octanol–water partition coefficient (Wildman–Crippen LogP) is 1.08. The number of nitrogens with one attached hydrogen (secondary N) is 2. The van der Waals surface area contributed by atoms with E-state index in [1.165, 1.54) is 6.07 Å². The Labute approximate surface area is 131 Å². The minimum absolute atomic E-state index is 0.0867. The van der Waals surface area contributed by atoms with E-state index < -0.39 is 23.4 Å². The Balaban J connectivity index is 1.98. The molecule has 3 rings (SSSR count). The minimum Gasteiger partial charge on any atom is -0.380 e. The van der Waals surface area contributed by atoms with Gasteiger partial charge < -0.3 is 15.4 Å². The number of urea groups is 1. The third-order valence-corrected chi connectivity index (χ3v) is 3.98. The maximum absolute atomic E-state index is 12.7. The SMILES string of the molecule is CCOCCN1C(=O)NC2(C(=O)Nc3ccc(Cl)cc32)C1=O. The summed E-state index contributed by atoms with van der Waals surface area (Å²) in [6.07, 6.45) is 0. The van der Waals surface area contributed by atoms with Gasteiger partial charge in [0.25, 0.3) is 11.8 Å². The molecule has 0 bridgehead atoms. The minimum atomic E-state index is -1.73. The Hall–Kier alpha value is -2.12. The molecule has 0 aliphatic carbocycles. The molecule has 1 unspecified atom stereocenters. The van der Waals surface area contributed by atoms with E-state index in [1.54, 1.807) is 12.1 Å². The van der Waals surface area contributed by atoms with Crippen molar-refractivity contribution in [1.82, 2.24) is 10.2 Å². The second-order valence-corrected chi connectivity index (χ2v) is 5.41. The summed E-state index contributed by atoms with van der Waals surface area (Å²) in [5.41, 5.74) is -0.902. The van der Waals surface area contributed by atoms with Crippen molar-refractivity contribution >= 4 is 35.1 Å². The number of fused-ring (bicyclic) bond motifs is 2. The number of anilines is 1. The van der Waals surface area contributed by atoms with Crippen molar-refractivity contribution in [1.29, 1.82) is 0 Å². The highest BCUT2D eigenvalue weighted by Gasteiger charge is 2.61. The van der Waals surface area contributed by atoms with Gasteiger partial charge in [-0.2, -0.15) is 0 Å². The topological polar surface area (TPSA) is 87.7 Å². The maximum atomic E-state index is 12.7. The van der Waals surface area contributed by atoms with Crippen LogP contribution in [0.15, 0.2) is 18.2 Å². The highest BCUT2D eigenvalue weighted by atomic mass is 35.5. The lowest BCUT2D eigenvalue weighted by Crippen LogP contribution is -2.49. The Bertz CT molecular complexity index is 678. The molecule has 4 amide bonds. The summed E-state index contributed by atoms with van der Waals surface area (Å²) < 4.78 is 5.16. The highest BCUT2D eigenvalue weighted by Crippen LogP contribution is 2.41. The Kier molecular flexibility index (Phi) is 3.54. The summed E-state index contributed by atoms with van der Waals surface area (Å²) in [4.78, 5) is 38.1. The molecule has 7 nitrogen and oxygen atoms in total. The number of amides is 4. The average molecular weight is 324 g/mol. The molecule has 2 aliphatic heterocycles. The number of rotatable bonds is 4. The van der Waals surface area contributed by atoms with Gasteiger partial charge in [-0.25, -0.2) is 4.79 Å². The lowest BCUT2D eigenvalue weighted by Gasteiger charge is -2.19. The first-order valence-corrected chi connectivity index (χ1v) is 7.22. The molecule has 8 heteroatoms. The summed E-state index contributed by atoms with van der Waals surface area (Å²) in [6, 6.07) is 4.10. The summed E-state index contributed by atoms with van der Waals surface area (Å²) in [5.74, 6) is -1.20. The average Bonchev–Trinajstić information content (AvgIpc) is 2.89. The largest absolute Gasteiger partial charge is 0.380 e. The van der Waals surface area contributed by atoms with Gasteiger partial charge in [0.05, 0.1) is 13.2 Å². The molecule has 116 valence electrons. The van der Waals surface area contributed by atoms with Crippen molar-refractivity contribution in [3.8, 4) is 0 Å². The summed E-state index contributed by atoms with van der Waals surface area (Å²) in [5, 5.41) is 5.48. The fourth-order valence-corrected chi connectivity index (χ4v) is 2.86. The first kappa shape index (κ1) is 14.8. The Morgan fingerprint density at radius 1 is 1.32 bits per heavy atom. The van der Waals surface area contributed by atoms with E-state index in [4.69, 9.17) is 16.3 Å². The fourth-order valence-electron chi connectivity index (χ4n) is 2.69. The molecule has 1 saturated heterocycles. The maximum Gasteiger partial charge on any atom is 0.325 e. The zero-order chi connectivity index (χ0) is 15.9. The van der Waals surface area contributed by atoms with E-state index in [0.29, 0.717) is 22.9 Å². The number of benzene rings is 1. The fraction of sp³-hybridized carbons (Fsp3) is 0.357. The molecular formula is C14H14ClN3O4. The third kappa shape index (κ3) is 1.97. The van der Waals surface area contributed by atoms with Gasteiger partial charge in [0.15, 0.2) is 0 Å². The van der Waals surface area contributed by atoms with Crippen LogP contribution in [0.5, 0.6) is 0 Å². The van der Waals surface area contributed by atoms with Gasteiger partial charge in [-0.15, -0.1) is 0 Å². The summed E-state index contributed by atoms with van der Waals surface area (Å²) >= 11 is 5.96. The summed E-state index contributed by atoms with van der Waals surface area (Å²) in [6.45, 7) is 2.60. The van der Waals surface area contributed by atoms with Gasteiger partial charge in [0, 0.05) is 22.9 Å². The molecular weight excluding hydrogens is 310 g/mol. The van der Waals surface area contributed by atoms with Crippen LogP contribution in [-0.4, -0.2) is 42.5 Å². The van der Waals surface area contributed by atoms with Gasteiger partial charge in [0.1, 0.15) is 0 Å². The normalized spacial score (nSPS) is 23.0. The van der Waals surface area contributed by atoms with E-state index in [1.807, 2.05) is 6.92 Å². The van der Waals surface area contributed by atoms with Crippen LogP contribution in [0.25, 0.3) is 0 Å². The smallest absolute Gasteiger partial charge is 0.325 e. The van der Waals surface area contributed by atoms with Gasteiger partial charge in [0.2, 0.25) is 5.54 Å². The van der Waals surface area contributed by atoms with Crippen LogP contribution < -0.4 is 10.6 Å². The van der Waals surface area contributed by atoms with Gasteiger partial charge in [-0.3, -0.25) is 14.5 Å². The van der Waals surface area contributed by atoms with Crippen LogP contribution in [0, 0.1) is 0 Å². The number of hydrogen-bond donors (Lipinski definition) is 2. The van der Waals surface area contributed by atoms with Crippen LogP contribution in [0.1, 0.15) is 12.5 Å².